The number of benzene rings is 2. The zero-order valence-corrected chi connectivity index (χ0v) is 9.98. The smallest absolute Gasteiger partial charge is 0.269 e. The van der Waals surface area contributed by atoms with Crippen LogP contribution in [0.2, 0.25) is 0 Å². The number of nitro benzene ring substituents is 1. The molecule has 2 rings (SSSR count). The number of nitrogens with two attached hydrogens (primary N) is 1. The van der Waals surface area contributed by atoms with Crippen LogP contribution in [-0.2, 0) is 0 Å². The van der Waals surface area contributed by atoms with E-state index in [1.54, 1.807) is 12.1 Å². The maximum atomic E-state index is 10.5. The van der Waals surface area contributed by atoms with Gasteiger partial charge in [-0.1, -0.05) is 30.3 Å². The van der Waals surface area contributed by atoms with Gasteiger partial charge >= 0.3 is 0 Å². The van der Waals surface area contributed by atoms with Gasteiger partial charge in [-0.3, -0.25) is 10.1 Å². The van der Waals surface area contributed by atoms with Gasteiger partial charge in [-0.05, 0) is 12.1 Å². The molecule has 0 aliphatic rings. The second-order valence-corrected chi connectivity index (χ2v) is 3.74. The Kier molecular flexibility index (Phi) is 3.84. The van der Waals surface area contributed by atoms with Crippen LogP contribution in [0.4, 0.5) is 11.4 Å². The van der Waals surface area contributed by atoms with Crippen molar-refractivity contribution in [2.75, 3.05) is 0 Å². The topological polar surface area (TPSA) is 93.5 Å². The molecule has 0 saturated carbocycles. The highest BCUT2D eigenvalue weighted by Gasteiger charge is 2.05. The second-order valence-electron chi connectivity index (χ2n) is 3.74. The SMILES string of the molecule is NNC(=Nc1ccc([N+](=O)[O-])cc1)c1ccccc1. The Morgan fingerprint density at radius 3 is 2.26 bits per heavy atom. The van der Waals surface area contributed by atoms with Gasteiger partial charge < -0.3 is 5.43 Å². The van der Waals surface area contributed by atoms with E-state index in [2.05, 4.69) is 10.4 Å². The number of hydrazine groups is 1. The number of hydrogen-bond acceptors (Lipinski definition) is 4. The molecule has 6 heteroatoms. The maximum absolute atomic E-state index is 10.5. The van der Waals surface area contributed by atoms with E-state index in [1.807, 2.05) is 30.3 Å². The summed E-state index contributed by atoms with van der Waals surface area (Å²) in [6.07, 6.45) is 0. The highest BCUT2D eigenvalue weighted by Crippen LogP contribution is 2.18. The number of rotatable bonds is 3. The Balaban J connectivity index is 2.30. The molecule has 0 spiro atoms. The van der Waals surface area contributed by atoms with Crippen molar-refractivity contribution in [2.24, 2.45) is 10.8 Å². The molecular formula is C13H12N4O2. The Labute approximate surface area is 109 Å². The molecule has 0 heterocycles. The van der Waals surface area contributed by atoms with Crippen LogP contribution in [0.3, 0.4) is 0 Å². The minimum atomic E-state index is -0.452. The molecule has 0 atom stereocenters. The number of nitrogens with zero attached hydrogens (tertiary/aromatic N) is 2. The van der Waals surface area contributed by atoms with Crippen molar-refractivity contribution >= 4 is 17.2 Å². The van der Waals surface area contributed by atoms with Crippen molar-refractivity contribution in [1.82, 2.24) is 5.43 Å². The van der Waals surface area contributed by atoms with Crippen molar-refractivity contribution in [3.05, 3.63) is 70.3 Å². The maximum Gasteiger partial charge on any atom is 0.269 e. The minimum Gasteiger partial charge on any atom is -0.308 e. The molecule has 0 radical (unpaired) electrons. The molecule has 2 aromatic rings. The number of non-ortho nitro benzene ring substituents is 1. The molecule has 0 aliphatic carbocycles. The number of hydrogen-bond donors (Lipinski definition) is 2. The largest absolute Gasteiger partial charge is 0.308 e. The molecule has 6 nitrogen and oxygen atoms in total. The zero-order valence-electron chi connectivity index (χ0n) is 9.98. The van der Waals surface area contributed by atoms with E-state index in [0.717, 1.165) is 5.56 Å². The van der Waals surface area contributed by atoms with Gasteiger partial charge in [-0.2, -0.15) is 0 Å². The van der Waals surface area contributed by atoms with Crippen molar-refractivity contribution < 1.29 is 4.92 Å². The fourth-order valence-corrected chi connectivity index (χ4v) is 1.55. The molecule has 96 valence electrons. The van der Waals surface area contributed by atoms with Gasteiger partial charge in [0.1, 0.15) is 5.84 Å². The Morgan fingerprint density at radius 2 is 1.74 bits per heavy atom. The number of amidine groups is 1. The van der Waals surface area contributed by atoms with Crippen LogP contribution < -0.4 is 11.3 Å². The van der Waals surface area contributed by atoms with E-state index < -0.39 is 4.92 Å². The average molecular weight is 256 g/mol. The lowest BCUT2D eigenvalue weighted by atomic mass is 10.2. The molecule has 3 N–H and O–H groups in total. The van der Waals surface area contributed by atoms with Gasteiger partial charge in [0.15, 0.2) is 0 Å². The summed E-state index contributed by atoms with van der Waals surface area (Å²) in [7, 11) is 0. The summed E-state index contributed by atoms with van der Waals surface area (Å²) in [6.45, 7) is 0. The van der Waals surface area contributed by atoms with Gasteiger partial charge in [-0.25, -0.2) is 10.8 Å². The normalized spacial score (nSPS) is 11.1. The summed E-state index contributed by atoms with van der Waals surface area (Å²) >= 11 is 0. The predicted molar refractivity (Wildman–Crippen MR) is 73.1 cm³/mol. The Hall–Kier alpha value is -2.73. The molecular weight excluding hydrogens is 244 g/mol. The van der Waals surface area contributed by atoms with Gasteiger partial charge in [0.05, 0.1) is 10.6 Å². The second kappa shape index (κ2) is 5.74. The first kappa shape index (κ1) is 12.7. The van der Waals surface area contributed by atoms with Crippen LogP contribution in [-0.4, -0.2) is 10.8 Å². The summed E-state index contributed by atoms with van der Waals surface area (Å²) in [5.41, 5.74) is 3.97. The third kappa shape index (κ3) is 3.14. The van der Waals surface area contributed by atoms with Crippen LogP contribution in [0.1, 0.15) is 5.56 Å². The van der Waals surface area contributed by atoms with Gasteiger partial charge in [0, 0.05) is 17.7 Å². The standard InChI is InChI=1S/C13H12N4O2/c14-16-13(10-4-2-1-3-5-10)15-11-6-8-12(9-7-11)17(18)19/h1-9H,14H2,(H,15,16). The van der Waals surface area contributed by atoms with E-state index in [0.29, 0.717) is 11.5 Å². The molecule has 19 heavy (non-hydrogen) atoms. The highest BCUT2D eigenvalue weighted by molar-refractivity contribution is 5.99. The molecule has 0 aliphatic heterocycles. The first-order valence-corrected chi connectivity index (χ1v) is 5.56. The lowest BCUT2D eigenvalue weighted by Crippen LogP contribution is -2.30. The predicted octanol–water partition coefficient (Wildman–Crippen LogP) is 2.14. The van der Waals surface area contributed by atoms with Crippen LogP contribution >= 0.6 is 0 Å². The average Bonchev–Trinajstić information content (AvgIpc) is 2.46. The molecule has 0 unspecified atom stereocenters. The third-order valence-corrected chi connectivity index (χ3v) is 2.49. The first-order chi connectivity index (χ1) is 9.20. The highest BCUT2D eigenvalue weighted by atomic mass is 16.6. The Morgan fingerprint density at radius 1 is 1.11 bits per heavy atom. The number of nitrogens with one attached hydrogen (secondary N) is 1. The summed E-state index contributed by atoms with van der Waals surface area (Å²) in [6, 6.07) is 15.3. The molecule has 0 saturated heterocycles. The van der Waals surface area contributed by atoms with Gasteiger partial charge in [-0.15, -0.1) is 0 Å². The van der Waals surface area contributed by atoms with Crippen LogP contribution in [0.25, 0.3) is 0 Å². The summed E-state index contributed by atoms with van der Waals surface area (Å²) in [4.78, 5) is 14.4. The van der Waals surface area contributed by atoms with Crippen LogP contribution in [0, 0.1) is 10.1 Å². The molecule has 0 amide bonds. The first-order valence-electron chi connectivity index (χ1n) is 5.56. The van der Waals surface area contributed by atoms with Crippen molar-refractivity contribution in [3.63, 3.8) is 0 Å². The quantitative estimate of drug-likeness (QED) is 0.289. The van der Waals surface area contributed by atoms with Crippen LogP contribution in [0.15, 0.2) is 59.6 Å². The van der Waals surface area contributed by atoms with Crippen molar-refractivity contribution in [2.45, 2.75) is 0 Å². The summed E-state index contributed by atoms with van der Waals surface area (Å²) < 4.78 is 0. The Bertz CT molecular complexity index is 594. The summed E-state index contributed by atoms with van der Waals surface area (Å²) in [5, 5.41) is 10.5. The lowest BCUT2D eigenvalue weighted by molar-refractivity contribution is -0.384. The van der Waals surface area contributed by atoms with E-state index in [-0.39, 0.29) is 5.69 Å². The molecule has 0 aromatic heterocycles. The van der Waals surface area contributed by atoms with Gasteiger partial charge in [0.2, 0.25) is 0 Å². The summed E-state index contributed by atoms with van der Waals surface area (Å²) in [5.74, 6) is 5.94. The minimum absolute atomic E-state index is 0.0286. The third-order valence-electron chi connectivity index (χ3n) is 2.49. The molecule has 0 bridgehead atoms. The van der Waals surface area contributed by atoms with Crippen molar-refractivity contribution in [1.29, 1.82) is 0 Å². The number of aliphatic imine (C=N–C) groups is 1. The van der Waals surface area contributed by atoms with Crippen LogP contribution in [0.5, 0.6) is 0 Å². The van der Waals surface area contributed by atoms with E-state index in [1.165, 1.54) is 12.1 Å². The zero-order chi connectivity index (χ0) is 13.7. The van der Waals surface area contributed by atoms with Gasteiger partial charge in [0.25, 0.3) is 5.69 Å². The van der Waals surface area contributed by atoms with Crippen molar-refractivity contribution in [3.8, 4) is 0 Å². The molecule has 2 aromatic carbocycles. The fraction of sp³-hybridized carbons (Fsp3) is 0. The lowest BCUT2D eigenvalue weighted by Gasteiger charge is -2.05. The monoisotopic (exact) mass is 256 g/mol. The molecule has 0 fully saturated rings. The van der Waals surface area contributed by atoms with E-state index in [9.17, 15) is 10.1 Å². The fourth-order valence-electron chi connectivity index (χ4n) is 1.55. The van der Waals surface area contributed by atoms with E-state index >= 15 is 0 Å². The number of nitro groups is 1. The van der Waals surface area contributed by atoms with E-state index in [4.69, 9.17) is 5.84 Å².